The standard InChI is InChI=1S/C24H26N4O3S2/c1-14-6-4-5-7-18(14)26-21(30)13-32-24-27-19(12-20(29)28-24)22-15(2)25-23(33-22)16-8-10-17(31-3)11-9-16/h4-11,19,24,27H,12-13H2,1-3H3,(H,26,30)(H,28,29). The van der Waals surface area contributed by atoms with Gasteiger partial charge < -0.3 is 15.4 Å². The van der Waals surface area contributed by atoms with Gasteiger partial charge in [-0.25, -0.2) is 4.98 Å². The van der Waals surface area contributed by atoms with Crippen LogP contribution in [0.5, 0.6) is 5.75 Å². The number of hydrogen-bond acceptors (Lipinski definition) is 7. The van der Waals surface area contributed by atoms with Gasteiger partial charge in [0.25, 0.3) is 0 Å². The van der Waals surface area contributed by atoms with Gasteiger partial charge in [0.05, 0.1) is 24.6 Å². The summed E-state index contributed by atoms with van der Waals surface area (Å²) in [6.45, 7) is 3.92. The number of anilines is 1. The van der Waals surface area contributed by atoms with Crippen molar-refractivity contribution in [2.75, 3.05) is 18.2 Å². The monoisotopic (exact) mass is 482 g/mol. The smallest absolute Gasteiger partial charge is 0.234 e. The lowest BCUT2D eigenvalue weighted by Gasteiger charge is -2.30. The first kappa shape index (κ1) is 23.3. The average molecular weight is 483 g/mol. The number of nitrogens with one attached hydrogen (secondary N) is 3. The molecule has 2 aromatic carbocycles. The summed E-state index contributed by atoms with van der Waals surface area (Å²) in [5, 5.41) is 10.2. The second-order valence-corrected chi connectivity index (χ2v) is 9.87. The van der Waals surface area contributed by atoms with E-state index < -0.39 is 0 Å². The van der Waals surface area contributed by atoms with E-state index in [1.165, 1.54) is 11.8 Å². The minimum Gasteiger partial charge on any atom is -0.497 e. The van der Waals surface area contributed by atoms with E-state index in [-0.39, 0.29) is 29.1 Å². The zero-order valence-electron chi connectivity index (χ0n) is 18.7. The summed E-state index contributed by atoms with van der Waals surface area (Å²) in [5.41, 5.74) is 3.36. The first-order chi connectivity index (χ1) is 15.9. The number of rotatable bonds is 7. The number of thiazole rings is 1. The molecule has 4 rings (SSSR count). The Bertz CT molecular complexity index is 1150. The van der Waals surface area contributed by atoms with Crippen LogP contribution in [-0.4, -0.2) is 35.2 Å². The van der Waals surface area contributed by atoms with Crippen molar-refractivity contribution in [3.05, 3.63) is 64.7 Å². The van der Waals surface area contributed by atoms with Crippen molar-refractivity contribution in [3.63, 3.8) is 0 Å². The van der Waals surface area contributed by atoms with Gasteiger partial charge in [-0.15, -0.1) is 23.1 Å². The van der Waals surface area contributed by atoms with Crippen LogP contribution in [-0.2, 0) is 9.59 Å². The van der Waals surface area contributed by atoms with Gasteiger partial charge in [0, 0.05) is 22.5 Å². The summed E-state index contributed by atoms with van der Waals surface area (Å²) in [5.74, 6) is 0.861. The number of carbonyl (C=O) groups is 2. The third-order valence-corrected chi connectivity index (χ3v) is 7.66. The zero-order valence-corrected chi connectivity index (χ0v) is 20.3. The highest BCUT2D eigenvalue weighted by Crippen LogP contribution is 2.35. The Balaban J connectivity index is 1.40. The summed E-state index contributed by atoms with van der Waals surface area (Å²) >= 11 is 2.94. The van der Waals surface area contributed by atoms with Crippen molar-refractivity contribution < 1.29 is 14.3 Å². The molecule has 3 N–H and O–H groups in total. The molecule has 9 heteroatoms. The van der Waals surface area contributed by atoms with Crippen molar-refractivity contribution in [2.24, 2.45) is 0 Å². The highest BCUT2D eigenvalue weighted by molar-refractivity contribution is 8.00. The summed E-state index contributed by atoms with van der Waals surface area (Å²) in [4.78, 5) is 30.6. The SMILES string of the molecule is COc1ccc(-c2nc(C)c(C3CC(=O)NC(SCC(=O)Nc4ccccc4C)N3)s2)cc1. The number of methoxy groups -OCH3 is 1. The topological polar surface area (TPSA) is 92.3 Å². The molecule has 0 radical (unpaired) electrons. The number of para-hydroxylation sites is 1. The van der Waals surface area contributed by atoms with E-state index in [1.54, 1.807) is 18.4 Å². The fourth-order valence-corrected chi connectivity index (χ4v) is 5.58. The quantitative estimate of drug-likeness (QED) is 0.467. The van der Waals surface area contributed by atoms with E-state index in [0.29, 0.717) is 6.42 Å². The molecule has 172 valence electrons. The molecule has 33 heavy (non-hydrogen) atoms. The van der Waals surface area contributed by atoms with Crippen LogP contribution < -0.4 is 20.7 Å². The molecule has 0 saturated carbocycles. The Hall–Kier alpha value is -2.88. The summed E-state index contributed by atoms with van der Waals surface area (Å²) in [6, 6.07) is 15.3. The van der Waals surface area contributed by atoms with Crippen LogP contribution in [0.15, 0.2) is 48.5 Å². The molecular formula is C24H26N4O3S2. The number of aryl methyl sites for hydroxylation is 2. The first-order valence-electron chi connectivity index (χ1n) is 10.6. The molecule has 1 aliphatic heterocycles. The Labute approximate surface area is 201 Å². The maximum absolute atomic E-state index is 12.4. The second kappa shape index (κ2) is 10.4. The molecule has 1 aromatic heterocycles. The Morgan fingerprint density at radius 2 is 1.97 bits per heavy atom. The van der Waals surface area contributed by atoms with Gasteiger partial charge in [-0.05, 0) is 49.7 Å². The highest BCUT2D eigenvalue weighted by atomic mass is 32.2. The van der Waals surface area contributed by atoms with Crippen molar-refractivity contribution in [3.8, 4) is 16.3 Å². The predicted molar refractivity (Wildman–Crippen MR) is 134 cm³/mol. The van der Waals surface area contributed by atoms with E-state index in [4.69, 9.17) is 9.72 Å². The van der Waals surface area contributed by atoms with E-state index in [1.807, 2.05) is 62.4 Å². The number of benzene rings is 2. The molecule has 0 spiro atoms. The molecule has 3 aromatic rings. The van der Waals surface area contributed by atoms with E-state index in [2.05, 4.69) is 16.0 Å². The number of hydrogen-bond donors (Lipinski definition) is 3. The van der Waals surface area contributed by atoms with Crippen LogP contribution in [0.3, 0.4) is 0 Å². The number of ether oxygens (including phenoxy) is 1. The molecule has 2 atom stereocenters. The summed E-state index contributed by atoms with van der Waals surface area (Å²) < 4.78 is 5.23. The number of amides is 2. The van der Waals surface area contributed by atoms with Gasteiger partial charge in [-0.1, -0.05) is 18.2 Å². The van der Waals surface area contributed by atoms with Crippen LogP contribution in [0.1, 0.15) is 28.6 Å². The molecule has 0 aliphatic carbocycles. The van der Waals surface area contributed by atoms with Crippen LogP contribution in [0.25, 0.3) is 10.6 Å². The molecular weight excluding hydrogens is 456 g/mol. The lowest BCUT2D eigenvalue weighted by molar-refractivity contribution is -0.123. The molecule has 0 bridgehead atoms. The highest BCUT2D eigenvalue weighted by Gasteiger charge is 2.30. The Morgan fingerprint density at radius 3 is 2.70 bits per heavy atom. The summed E-state index contributed by atoms with van der Waals surface area (Å²) in [6.07, 6.45) is 0.331. The normalized spacial score (nSPS) is 18.0. The zero-order chi connectivity index (χ0) is 23.4. The minimum atomic E-state index is -0.357. The molecule has 2 amide bonds. The fourth-order valence-electron chi connectivity index (χ4n) is 3.58. The van der Waals surface area contributed by atoms with E-state index in [9.17, 15) is 9.59 Å². The first-order valence-corrected chi connectivity index (χ1v) is 12.4. The van der Waals surface area contributed by atoms with Crippen molar-refractivity contribution >= 4 is 40.6 Å². The lowest BCUT2D eigenvalue weighted by atomic mass is 10.1. The lowest BCUT2D eigenvalue weighted by Crippen LogP contribution is -2.51. The third-order valence-electron chi connectivity index (χ3n) is 5.32. The third kappa shape index (κ3) is 5.73. The van der Waals surface area contributed by atoms with Crippen LogP contribution in [0.4, 0.5) is 5.69 Å². The fraction of sp³-hybridized carbons (Fsp3) is 0.292. The van der Waals surface area contributed by atoms with Gasteiger partial charge >= 0.3 is 0 Å². The number of aromatic nitrogens is 1. The van der Waals surface area contributed by atoms with Gasteiger partial charge in [-0.3, -0.25) is 14.9 Å². The predicted octanol–water partition coefficient (Wildman–Crippen LogP) is 4.24. The number of nitrogens with zero attached hydrogens (tertiary/aromatic N) is 1. The Morgan fingerprint density at radius 1 is 1.21 bits per heavy atom. The van der Waals surface area contributed by atoms with Gasteiger partial charge in [0.2, 0.25) is 11.8 Å². The van der Waals surface area contributed by atoms with Gasteiger partial charge in [-0.2, -0.15) is 0 Å². The molecule has 2 heterocycles. The van der Waals surface area contributed by atoms with E-state index in [0.717, 1.165) is 38.1 Å². The second-order valence-electron chi connectivity index (χ2n) is 7.74. The summed E-state index contributed by atoms with van der Waals surface area (Å²) in [7, 11) is 1.64. The molecule has 1 saturated heterocycles. The minimum absolute atomic E-state index is 0.0469. The molecule has 1 fully saturated rings. The van der Waals surface area contributed by atoms with Crippen LogP contribution >= 0.6 is 23.1 Å². The number of thioether (sulfide) groups is 1. The maximum Gasteiger partial charge on any atom is 0.234 e. The van der Waals surface area contributed by atoms with Gasteiger partial charge in [0.1, 0.15) is 16.3 Å². The molecule has 1 aliphatic rings. The van der Waals surface area contributed by atoms with Crippen molar-refractivity contribution in [1.29, 1.82) is 0 Å². The van der Waals surface area contributed by atoms with Gasteiger partial charge in [0.15, 0.2) is 0 Å². The van der Waals surface area contributed by atoms with E-state index >= 15 is 0 Å². The molecule has 7 nitrogen and oxygen atoms in total. The van der Waals surface area contributed by atoms with Crippen LogP contribution in [0.2, 0.25) is 0 Å². The average Bonchev–Trinajstić information content (AvgIpc) is 3.20. The van der Waals surface area contributed by atoms with Crippen molar-refractivity contribution in [1.82, 2.24) is 15.6 Å². The largest absolute Gasteiger partial charge is 0.497 e. The maximum atomic E-state index is 12.4. The number of carbonyl (C=O) groups excluding carboxylic acids is 2. The van der Waals surface area contributed by atoms with Crippen LogP contribution in [0, 0.1) is 13.8 Å². The Kier molecular flexibility index (Phi) is 7.32. The van der Waals surface area contributed by atoms with Crippen molar-refractivity contribution in [2.45, 2.75) is 31.8 Å². The molecule has 2 unspecified atom stereocenters.